The summed E-state index contributed by atoms with van der Waals surface area (Å²) < 4.78 is 115. The zero-order valence-corrected chi connectivity index (χ0v) is 72.6. The summed E-state index contributed by atoms with van der Waals surface area (Å²) in [6.07, 6.45) is -4.31. The number of hydrogen-bond donors (Lipinski definition) is 0. The van der Waals surface area contributed by atoms with Gasteiger partial charge in [0.1, 0.15) is 57.0 Å². The molecule has 17 aromatic rings. The third-order valence-electron chi connectivity index (χ3n) is 19.7. The Bertz CT molecular complexity index is 5890. The van der Waals surface area contributed by atoms with Crippen LogP contribution >= 0.6 is 40.2 Å². The number of hydrogen-bond acceptors (Lipinski definition) is 8. The van der Waals surface area contributed by atoms with Crippen LogP contribution in [0, 0.1) is 73.9 Å². The molecule has 0 saturated carbocycles. The van der Waals surface area contributed by atoms with Gasteiger partial charge in [0.15, 0.2) is 0 Å². The SMILES string of the molecule is C.COc1ccc(Op2oc3ccccc3c3ccccc3o2)c(-c2cc(OC)ccc2Op2oc3ccccc3c3ccccc3o2)c1.Cc1cc(C)cc(P(c2cc(C)cc(C)c2)c2cc(C)cc(C)c2)c1.Cc1ccc(P(c2ccc(C)cc2)c2ccc(C(F)(F)F)cc2)cc1.Cc1ccc(P(c2ccc(F)cc2)c2ccc(F)cc2)cc1. The normalized spacial score (nSPS) is 11.1. The second-order valence-electron chi connectivity index (χ2n) is 29.3. The molecule has 0 spiro atoms. The van der Waals surface area contributed by atoms with Gasteiger partial charge in [0, 0.05) is 32.7 Å². The molecule has 0 fully saturated rings. The highest BCUT2D eigenvalue weighted by Crippen LogP contribution is 2.49. The number of methoxy groups -OCH3 is 2. The van der Waals surface area contributed by atoms with Crippen LogP contribution in [0.3, 0.4) is 0 Å². The molecule has 0 unspecified atom stereocenters. The van der Waals surface area contributed by atoms with Crippen molar-refractivity contribution in [3.05, 3.63) is 401 Å². The van der Waals surface area contributed by atoms with Crippen molar-refractivity contribution in [1.29, 1.82) is 0 Å². The molecular weight excluding hydrogens is 1610 g/mol. The van der Waals surface area contributed by atoms with Gasteiger partial charge in [-0.1, -0.05) is 294 Å². The maximum absolute atomic E-state index is 13.2. The van der Waals surface area contributed by atoms with Crippen LogP contribution < -0.4 is 66.3 Å². The fraction of sp³-hybridized carbons (Fsp3) is 0.126. The smallest absolute Gasteiger partial charge is 0.453 e. The Labute approximate surface area is 709 Å². The van der Waals surface area contributed by atoms with Crippen molar-refractivity contribution in [3.63, 3.8) is 0 Å². The molecule has 2 heterocycles. The number of benzene rings is 15. The quantitative estimate of drug-likeness (QED) is 0.0698. The van der Waals surface area contributed by atoms with E-state index in [1.165, 1.54) is 96.6 Å². The Kier molecular flexibility index (Phi) is 28.5. The number of fused-ring (bicyclic) bond motifs is 6. The van der Waals surface area contributed by atoms with Crippen LogP contribution in [0.25, 0.3) is 55.0 Å². The first-order chi connectivity index (χ1) is 57.9. The maximum Gasteiger partial charge on any atom is 0.453 e. The molecule has 121 heavy (non-hydrogen) atoms. The first-order valence-corrected chi connectivity index (χ1v) is 45.1. The Morgan fingerprint density at radius 2 is 0.504 bits per heavy atom. The highest BCUT2D eigenvalue weighted by Gasteiger charge is 2.31. The van der Waals surface area contributed by atoms with E-state index in [-0.39, 0.29) is 19.1 Å². The third kappa shape index (κ3) is 21.9. The molecule has 2 aromatic heterocycles. The monoisotopic (exact) mass is 1710 g/mol. The Morgan fingerprint density at radius 1 is 0.264 bits per heavy atom. The molecule has 0 N–H and O–H groups in total. The summed E-state index contributed by atoms with van der Waals surface area (Å²) in [6.45, 7) is 19.3. The zero-order chi connectivity index (χ0) is 84.1. The van der Waals surface area contributed by atoms with E-state index >= 15 is 0 Å². The standard InChI is InChI=1S/C38H28O8P2.C24H27P.C21H18F3P.C19H15F2P.CH4/c1-39-25-19-21-37(45-47-41-33-15-7-3-11-27(33)28-12-4-8-16-34(28)42-47)31(23-25)32-24-26(40-2)20-22-38(32)46-48-43-35-17-9-5-13-29(35)30-14-6-10-18-36(30)44-48;1-16-7-17(2)11-22(10-16)25(23-12-18(3)8-19(4)13-23)24-14-20(5)9-21(6)15-24;1-15-3-9-18(10-4-15)25(19-11-5-16(2)6-12-19)20-13-7-17(8-14-20)21(22,23)24;1-14-2-8-17(9-3-14)22(18-10-4-15(20)5-11-18)19-12-6-16(21)7-13-19;/h3-24H,1-2H3;7-15H,1-6H3;3-14H,1-2H3;2-13H,1H3;1H4. The molecule has 0 saturated heterocycles. The Balaban J connectivity index is 0.000000148. The molecule has 0 amide bonds. The van der Waals surface area contributed by atoms with Crippen molar-refractivity contribution in [2.75, 3.05) is 14.2 Å². The van der Waals surface area contributed by atoms with Crippen LogP contribution in [-0.2, 0) is 6.18 Å². The van der Waals surface area contributed by atoms with Crippen molar-refractivity contribution in [2.24, 2.45) is 0 Å². The fourth-order valence-corrected chi connectivity index (χ4v) is 23.7. The Morgan fingerprint density at radius 3 is 0.760 bits per heavy atom. The van der Waals surface area contributed by atoms with E-state index < -0.39 is 52.0 Å². The van der Waals surface area contributed by atoms with Gasteiger partial charge in [-0.05, 0) is 231 Å². The molecular formula is C103H92F5O8P5. The minimum absolute atomic E-state index is 0. The van der Waals surface area contributed by atoms with Crippen molar-refractivity contribution in [3.8, 4) is 34.1 Å². The van der Waals surface area contributed by atoms with Gasteiger partial charge in [-0.15, -0.1) is 0 Å². The summed E-state index contributed by atoms with van der Waals surface area (Å²) in [5, 5.41) is 14.5. The Hall–Kier alpha value is -11.8. The molecule has 0 aliphatic heterocycles. The number of ether oxygens (including phenoxy) is 2. The van der Waals surface area contributed by atoms with Gasteiger partial charge in [-0.3, -0.25) is 0 Å². The second-order valence-corrected chi connectivity index (χ2v) is 37.9. The van der Waals surface area contributed by atoms with Crippen molar-refractivity contribution >= 4 is 132 Å². The van der Waals surface area contributed by atoms with Crippen LogP contribution in [0.2, 0.25) is 0 Å². The predicted octanol–water partition coefficient (Wildman–Crippen LogP) is 27.3. The average molecular weight is 1710 g/mol. The molecule has 0 atom stereocenters. The summed E-state index contributed by atoms with van der Waals surface area (Å²) in [5.41, 5.74) is 15.0. The number of halogens is 5. The minimum atomic E-state index is -4.31. The van der Waals surface area contributed by atoms with Gasteiger partial charge < -0.3 is 35.3 Å². The lowest BCUT2D eigenvalue weighted by atomic mass is 10.0. The van der Waals surface area contributed by atoms with E-state index in [4.69, 9.17) is 35.3 Å². The molecule has 0 aliphatic carbocycles. The lowest BCUT2D eigenvalue weighted by molar-refractivity contribution is -0.137. The van der Waals surface area contributed by atoms with Crippen LogP contribution in [0.5, 0.6) is 23.0 Å². The van der Waals surface area contributed by atoms with Crippen molar-refractivity contribution in [2.45, 2.75) is 75.9 Å². The van der Waals surface area contributed by atoms with E-state index in [9.17, 15) is 22.0 Å². The molecule has 17 rings (SSSR count). The van der Waals surface area contributed by atoms with E-state index in [0.717, 1.165) is 59.2 Å². The summed E-state index contributed by atoms with van der Waals surface area (Å²) in [6, 6.07) is 107. The lowest BCUT2D eigenvalue weighted by Crippen LogP contribution is -2.22. The average Bonchev–Trinajstić information content (AvgIpc) is 1.19. The highest BCUT2D eigenvalue weighted by atomic mass is 31.1. The van der Waals surface area contributed by atoms with E-state index in [0.29, 0.717) is 56.5 Å². The molecule has 8 nitrogen and oxygen atoms in total. The summed E-state index contributed by atoms with van der Waals surface area (Å²) in [4.78, 5) is 0. The molecule has 0 radical (unpaired) electrons. The second kappa shape index (κ2) is 39.6. The van der Waals surface area contributed by atoms with Crippen LogP contribution in [0.15, 0.2) is 350 Å². The zero-order valence-electron chi connectivity index (χ0n) is 68.1. The first kappa shape index (κ1) is 87.1. The molecule has 0 aliphatic rings. The van der Waals surface area contributed by atoms with Crippen LogP contribution in [0.4, 0.5) is 22.0 Å². The molecule has 0 bridgehead atoms. The van der Waals surface area contributed by atoms with E-state index in [2.05, 4.69) is 145 Å². The van der Waals surface area contributed by atoms with Gasteiger partial charge in [-0.25, -0.2) is 8.78 Å². The van der Waals surface area contributed by atoms with Gasteiger partial charge >= 0.3 is 22.7 Å². The highest BCUT2D eigenvalue weighted by molar-refractivity contribution is 7.80. The summed E-state index contributed by atoms with van der Waals surface area (Å²) in [7, 11) is -2.87. The van der Waals surface area contributed by atoms with Crippen LogP contribution in [-0.4, -0.2) is 14.2 Å². The van der Waals surface area contributed by atoms with E-state index in [1.807, 2.05) is 203 Å². The topological polar surface area (TPSA) is 89.5 Å². The minimum Gasteiger partial charge on any atom is -0.497 e. The first-order valence-electron chi connectivity index (χ1n) is 38.9. The predicted molar refractivity (Wildman–Crippen MR) is 499 cm³/mol. The molecule has 15 aromatic carbocycles. The van der Waals surface area contributed by atoms with Gasteiger partial charge in [0.05, 0.1) is 19.8 Å². The molecule has 18 heteroatoms. The van der Waals surface area contributed by atoms with Gasteiger partial charge in [0.2, 0.25) is 0 Å². The maximum atomic E-state index is 13.2. The van der Waals surface area contributed by atoms with E-state index in [1.54, 1.807) is 26.4 Å². The fourth-order valence-electron chi connectivity index (χ4n) is 14.2. The number of rotatable bonds is 16. The summed E-state index contributed by atoms with van der Waals surface area (Å²) in [5.74, 6) is 1.72. The largest absolute Gasteiger partial charge is 0.497 e. The number of aryl methyl sites for hydroxylation is 9. The molecule has 612 valence electrons. The van der Waals surface area contributed by atoms with Gasteiger partial charge in [-0.2, -0.15) is 13.2 Å². The lowest BCUT2D eigenvalue weighted by Gasteiger charge is -2.22. The van der Waals surface area contributed by atoms with Gasteiger partial charge in [0.25, 0.3) is 0 Å². The van der Waals surface area contributed by atoms with Crippen molar-refractivity contribution < 1.29 is 57.3 Å². The third-order valence-corrected chi connectivity index (χ3v) is 29.0. The van der Waals surface area contributed by atoms with Crippen molar-refractivity contribution in [1.82, 2.24) is 0 Å². The summed E-state index contributed by atoms with van der Waals surface area (Å²) >= 11 is 0. The number of alkyl halides is 3. The number of para-hydroxylation sites is 4. The van der Waals surface area contributed by atoms with Crippen LogP contribution in [0.1, 0.15) is 63.1 Å².